The van der Waals surface area contributed by atoms with Crippen molar-refractivity contribution in [2.24, 2.45) is 0 Å². The first kappa shape index (κ1) is 20.3. The first-order valence-corrected chi connectivity index (χ1v) is 9.32. The number of carbonyl (C=O) groups excluding carboxylic acids is 1. The number of carbonyl (C=O) groups is 1. The first-order chi connectivity index (χ1) is 13.3. The van der Waals surface area contributed by atoms with E-state index < -0.39 is 24.9 Å². The Balaban J connectivity index is 1.60. The van der Waals surface area contributed by atoms with E-state index in [0.717, 1.165) is 29.7 Å². The zero-order valence-electron chi connectivity index (χ0n) is 14.6. The van der Waals surface area contributed by atoms with E-state index in [4.69, 9.17) is 0 Å². The zero-order valence-corrected chi connectivity index (χ0v) is 15.4. The van der Waals surface area contributed by atoms with E-state index in [9.17, 15) is 27.6 Å². The van der Waals surface area contributed by atoms with Gasteiger partial charge in [-0.25, -0.2) is 8.78 Å². The van der Waals surface area contributed by atoms with Crippen molar-refractivity contribution in [3.63, 3.8) is 0 Å². The van der Waals surface area contributed by atoms with Gasteiger partial charge in [0, 0.05) is 10.4 Å². The molecule has 9 heteroatoms. The van der Waals surface area contributed by atoms with Gasteiger partial charge in [0.25, 0.3) is 5.91 Å². The number of alkyl halides is 4. The van der Waals surface area contributed by atoms with E-state index in [-0.39, 0.29) is 6.61 Å². The Morgan fingerprint density at radius 2 is 2.00 bits per heavy atom. The second-order valence-corrected chi connectivity index (χ2v) is 7.48. The minimum atomic E-state index is -4.20. The SMILES string of the molecule is N#Cc1c(NC(=O)c2ccc(COCC(F)(F)C(F)F)cc2)sc2c1CCC2. The summed E-state index contributed by atoms with van der Waals surface area (Å²) in [6, 6.07) is 8.10. The van der Waals surface area contributed by atoms with Crippen LogP contribution in [0.1, 0.15) is 38.3 Å². The van der Waals surface area contributed by atoms with Crippen LogP contribution in [0.5, 0.6) is 0 Å². The fraction of sp³-hybridized carbons (Fsp3) is 0.368. The molecule has 2 aromatic rings. The Labute approximate surface area is 162 Å². The van der Waals surface area contributed by atoms with Gasteiger partial charge in [-0.05, 0) is 42.5 Å². The second kappa shape index (κ2) is 8.29. The fourth-order valence-corrected chi connectivity index (χ4v) is 4.14. The van der Waals surface area contributed by atoms with Gasteiger partial charge in [0.1, 0.15) is 17.7 Å². The molecule has 1 aromatic carbocycles. The van der Waals surface area contributed by atoms with Crippen LogP contribution in [-0.4, -0.2) is 24.9 Å². The lowest BCUT2D eigenvalue weighted by Gasteiger charge is -2.15. The maximum absolute atomic E-state index is 12.8. The van der Waals surface area contributed by atoms with Gasteiger partial charge in [-0.1, -0.05) is 12.1 Å². The average molecular weight is 412 g/mol. The molecule has 0 fully saturated rings. The average Bonchev–Trinajstić information content (AvgIpc) is 3.22. The molecule has 1 aromatic heterocycles. The molecule has 1 heterocycles. The van der Waals surface area contributed by atoms with Crippen molar-refractivity contribution in [1.29, 1.82) is 5.26 Å². The predicted octanol–water partition coefficient (Wildman–Crippen LogP) is 4.78. The van der Waals surface area contributed by atoms with Crippen LogP contribution in [0.15, 0.2) is 24.3 Å². The number of thiophene rings is 1. The van der Waals surface area contributed by atoms with Crippen molar-refractivity contribution in [3.8, 4) is 6.07 Å². The highest BCUT2D eigenvalue weighted by Gasteiger charge is 2.40. The summed E-state index contributed by atoms with van der Waals surface area (Å²) < 4.78 is 54.4. The van der Waals surface area contributed by atoms with Gasteiger partial charge in [-0.3, -0.25) is 4.79 Å². The summed E-state index contributed by atoms with van der Waals surface area (Å²) in [5.41, 5.74) is 2.31. The van der Waals surface area contributed by atoms with Crippen LogP contribution >= 0.6 is 11.3 Å². The van der Waals surface area contributed by atoms with Crippen LogP contribution in [0.3, 0.4) is 0 Å². The Morgan fingerprint density at radius 3 is 2.64 bits per heavy atom. The Kier molecular flexibility index (Phi) is 6.01. The summed E-state index contributed by atoms with van der Waals surface area (Å²) in [5, 5.41) is 12.6. The molecular formula is C19H16F4N2O2S. The summed E-state index contributed by atoms with van der Waals surface area (Å²) in [4.78, 5) is 13.5. The maximum Gasteiger partial charge on any atom is 0.330 e. The molecule has 0 saturated carbocycles. The van der Waals surface area contributed by atoms with E-state index in [2.05, 4.69) is 16.1 Å². The number of hydrogen-bond donors (Lipinski definition) is 1. The topological polar surface area (TPSA) is 62.1 Å². The number of aryl methyl sites for hydroxylation is 1. The van der Waals surface area contributed by atoms with Gasteiger partial charge >= 0.3 is 12.3 Å². The third kappa shape index (κ3) is 4.34. The molecule has 0 aliphatic heterocycles. The van der Waals surface area contributed by atoms with E-state index in [1.807, 2.05) is 0 Å². The highest BCUT2D eigenvalue weighted by molar-refractivity contribution is 7.16. The summed E-state index contributed by atoms with van der Waals surface area (Å²) in [6.45, 7) is -1.66. The third-order valence-electron chi connectivity index (χ3n) is 4.36. The van der Waals surface area contributed by atoms with Gasteiger partial charge in [-0.15, -0.1) is 11.3 Å². The number of amides is 1. The van der Waals surface area contributed by atoms with Crippen molar-refractivity contribution >= 4 is 22.2 Å². The van der Waals surface area contributed by atoms with Crippen molar-refractivity contribution in [2.45, 2.75) is 38.2 Å². The van der Waals surface area contributed by atoms with Crippen LogP contribution in [0.4, 0.5) is 22.6 Å². The highest BCUT2D eigenvalue weighted by atomic mass is 32.1. The Hall–Kier alpha value is -2.44. The van der Waals surface area contributed by atoms with E-state index >= 15 is 0 Å². The normalized spacial score (nSPS) is 13.4. The molecule has 1 aliphatic rings. The fourth-order valence-electron chi connectivity index (χ4n) is 2.91. The Morgan fingerprint density at radius 1 is 1.29 bits per heavy atom. The van der Waals surface area contributed by atoms with Crippen LogP contribution in [-0.2, 0) is 24.2 Å². The highest BCUT2D eigenvalue weighted by Crippen LogP contribution is 2.38. The first-order valence-electron chi connectivity index (χ1n) is 8.50. The maximum atomic E-state index is 12.8. The molecule has 0 unspecified atom stereocenters. The molecular weight excluding hydrogens is 396 g/mol. The smallest absolute Gasteiger partial charge is 0.330 e. The number of nitriles is 1. The number of anilines is 1. The lowest BCUT2D eigenvalue weighted by Crippen LogP contribution is -2.32. The van der Waals surface area contributed by atoms with E-state index in [0.29, 0.717) is 21.7 Å². The molecule has 0 spiro atoms. The molecule has 1 N–H and O–H groups in total. The summed E-state index contributed by atoms with van der Waals surface area (Å²) in [5.74, 6) is -4.59. The number of fused-ring (bicyclic) bond motifs is 1. The Bertz CT molecular complexity index is 904. The van der Waals surface area contributed by atoms with Gasteiger partial charge in [0.15, 0.2) is 0 Å². The number of nitrogens with one attached hydrogen (secondary N) is 1. The molecule has 0 atom stereocenters. The number of rotatable bonds is 7. The lowest BCUT2D eigenvalue weighted by atomic mass is 10.1. The zero-order chi connectivity index (χ0) is 20.3. The summed E-state index contributed by atoms with van der Waals surface area (Å²) in [6.07, 6.45) is -1.03. The monoisotopic (exact) mass is 412 g/mol. The second-order valence-electron chi connectivity index (χ2n) is 6.38. The molecule has 148 valence electrons. The van der Waals surface area contributed by atoms with Crippen molar-refractivity contribution in [2.75, 3.05) is 11.9 Å². The largest absolute Gasteiger partial charge is 0.370 e. The number of benzene rings is 1. The number of nitrogens with zero attached hydrogens (tertiary/aromatic N) is 1. The minimum absolute atomic E-state index is 0.277. The van der Waals surface area contributed by atoms with Gasteiger partial charge < -0.3 is 10.1 Å². The van der Waals surface area contributed by atoms with Gasteiger partial charge in [0.05, 0.1) is 12.2 Å². The molecule has 0 radical (unpaired) electrons. The quantitative estimate of drug-likeness (QED) is 0.666. The standard InChI is InChI=1S/C19H16F4N2O2S/c20-18(21)19(22,23)10-27-9-11-4-6-12(7-5-11)16(26)25-17-14(8-24)13-2-1-3-15(13)28-17/h4-7,18H,1-3,9-10H2,(H,25,26). The summed E-state index contributed by atoms with van der Waals surface area (Å²) in [7, 11) is 0. The molecule has 3 rings (SSSR count). The number of halogens is 4. The molecule has 28 heavy (non-hydrogen) atoms. The van der Waals surface area contributed by atoms with Crippen molar-refractivity contribution in [3.05, 3.63) is 51.4 Å². The van der Waals surface area contributed by atoms with E-state index in [1.165, 1.54) is 35.6 Å². The van der Waals surface area contributed by atoms with Crippen molar-refractivity contribution in [1.82, 2.24) is 0 Å². The number of ether oxygens (including phenoxy) is 1. The third-order valence-corrected chi connectivity index (χ3v) is 5.57. The molecule has 0 bridgehead atoms. The molecule has 0 saturated heterocycles. The van der Waals surface area contributed by atoms with Gasteiger partial charge in [0.2, 0.25) is 0 Å². The van der Waals surface area contributed by atoms with Crippen LogP contribution < -0.4 is 5.32 Å². The lowest BCUT2D eigenvalue weighted by molar-refractivity contribution is -0.168. The molecule has 1 amide bonds. The predicted molar refractivity (Wildman–Crippen MR) is 96.1 cm³/mol. The number of hydrogen-bond acceptors (Lipinski definition) is 4. The summed E-state index contributed by atoms with van der Waals surface area (Å²) >= 11 is 1.41. The molecule has 4 nitrogen and oxygen atoms in total. The van der Waals surface area contributed by atoms with Crippen LogP contribution in [0.2, 0.25) is 0 Å². The van der Waals surface area contributed by atoms with E-state index in [1.54, 1.807) is 0 Å². The molecule has 1 aliphatic carbocycles. The van der Waals surface area contributed by atoms with Crippen molar-refractivity contribution < 1.29 is 27.1 Å². The minimum Gasteiger partial charge on any atom is -0.370 e. The van der Waals surface area contributed by atoms with Crippen LogP contribution in [0.25, 0.3) is 0 Å². The van der Waals surface area contributed by atoms with Gasteiger partial charge in [-0.2, -0.15) is 14.0 Å². The van der Waals surface area contributed by atoms with Crippen LogP contribution in [0, 0.1) is 11.3 Å².